The molecule has 0 amide bonds. The van der Waals surface area contributed by atoms with E-state index in [9.17, 15) is 9.50 Å². The molecule has 2 heterocycles. The summed E-state index contributed by atoms with van der Waals surface area (Å²) in [6, 6.07) is 4.84. The number of aromatic nitrogens is 1. The minimum Gasteiger partial charge on any atom is -0.396 e. The van der Waals surface area contributed by atoms with Crippen molar-refractivity contribution in [1.29, 1.82) is 0 Å². The van der Waals surface area contributed by atoms with Gasteiger partial charge in [-0.2, -0.15) is 0 Å². The van der Waals surface area contributed by atoms with Crippen molar-refractivity contribution in [1.82, 2.24) is 4.98 Å². The summed E-state index contributed by atoms with van der Waals surface area (Å²) in [5.74, 6) is -0.240. The zero-order chi connectivity index (χ0) is 13.5. The summed E-state index contributed by atoms with van der Waals surface area (Å²) in [6.45, 7) is 2.78. The van der Waals surface area contributed by atoms with E-state index in [0.717, 1.165) is 29.4 Å². The summed E-state index contributed by atoms with van der Waals surface area (Å²) in [6.07, 6.45) is 2.18. The van der Waals surface area contributed by atoms with Crippen molar-refractivity contribution in [3.8, 4) is 0 Å². The Morgan fingerprint density at radius 3 is 3.05 bits per heavy atom. The molecule has 3 nitrogen and oxygen atoms in total. The standard InChI is InChI=1S/C15H18FNO2/c1-2-15(6-7-18)14-12(5-8-19-15)11-4-3-10(16)9-13(11)17-14/h3-4,9,17-18H,2,5-8H2,1H3. The van der Waals surface area contributed by atoms with E-state index < -0.39 is 5.60 Å². The highest BCUT2D eigenvalue weighted by Crippen LogP contribution is 2.41. The predicted molar refractivity (Wildman–Crippen MR) is 71.6 cm³/mol. The SMILES string of the molecule is CCC1(CCO)OCCc2c1[nH]c1cc(F)ccc21. The van der Waals surface area contributed by atoms with Crippen molar-refractivity contribution in [2.24, 2.45) is 0 Å². The van der Waals surface area contributed by atoms with Gasteiger partial charge in [0.1, 0.15) is 11.4 Å². The molecule has 3 rings (SSSR count). The Morgan fingerprint density at radius 1 is 1.47 bits per heavy atom. The van der Waals surface area contributed by atoms with E-state index >= 15 is 0 Å². The first-order valence-corrected chi connectivity index (χ1v) is 6.75. The van der Waals surface area contributed by atoms with Gasteiger partial charge in [0.15, 0.2) is 0 Å². The topological polar surface area (TPSA) is 45.2 Å². The Hall–Kier alpha value is -1.39. The summed E-state index contributed by atoms with van der Waals surface area (Å²) in [4.78, 5) is 3.31. The van der Waals surface area contributed by atoms with E-state index in [-0.39, 0.29) is 12.4 Å². The fourth-order valence-corrected chi connectivity index (χ4v) is 3.13. The zero-order valence-electron chi connectivity index (χ0n) is 11.0. The average Bonchev–Trinajstić information content (AvgIpc) is 2.78. The minimum atomic E-state index is -0.460. The number of halogens is 1. The number of hydrogen-bond acceptors (Lipinski definition) is 2. The Morgan fingerprint density at radius 2 is 2.32 bits per heavy atom. The normalized spacial score (nSPS) is 22.7. The van der Waals surface area contributed by atoms with Gasteiger partial charge in [-0.15, -0.1) is 0 Å². The van der Waals surface area contributed by atoms with Gasteiger partial charge in [-0.1, -0.05) is 6.92 Å². The van der Waals surface area contributed by atoms with Crippen molar-refractivity contribution in [3.05, 3.63) is 35.3 Å². The second-order valence-electron chi connectivity index (χ2n) is 5.09. The minimum absolute atomic E-state index is 0.0804. The highest BCUT2D eigenvalue weighted by molar-refractivity contribution is 5.85. The van der Waals surface area contributed by atoms with E-state index in [0.29, 0.717) is 13.0 Å². The van der Waals surface area contributed by atoms with Crippen LogP contribution in [0.3, 0.4) is 0 Å². The number of aliphatic hydroxyl groups excluding tert-OH is 1. The Kier molecular flexibility index (Phi) is 3.07. The molecule has 0 saturated heterocycles. The van der Waals surface area contributed by atoms with Crippen LogP contribution in [0.4, 0.5) is 4.39 Å². The monoisotopic (exact) mass is 263 g/mol. The van der Waals surface area contributed by atoms with Crippen LogP contribution in [0.1, 0.15) is 31.0 Å². The number of nitrogens with one attached hydrogen (secondary N) is 1. The maximum Gasteiger partial charge on any atom is 0.125 e. The predicted octanol–water partition coefficient (Wildman–Crippen LogP) is 2.87. The third-order valence-corrected chi connectivity index (χ3v) is 4.14. The molecule has 1 unspecified atom stereocenters. The van der Waals surface area contributed by atoms with Crippen LogP contribution in [-0.2, 0) is 16.8 Å². The van der Waals surface area contributed by atoms with E-state index in [4.69, 9.17) is 4.74 Å². The molecular formula is C15H18FNO2. The zero-order valence-corrected chi connectivity index (χ0v) is 11.0. The lowest BCUT2D eigenvalue weighted by atomic mass is 9.86. The van der Waals surface area contributed by atoms with Crippen LogP contribution < -0.4 is 0 Å². The van der Waals surface area contributed by atoms with Crippen LogP contribution >= 0.6 is 0 Å². The molecule has 0 fully saturated rings. The molecule has 0 bridgehead atoms. The summed E-state index contributed by atoms with van der Waals surface area (Å²) in [7, 11) is 0. The molecule has 0 saturated carbocycles. The largest absolute Gasteiger partial charge is 0.396 e. The molecule has 0 aliphatic carbocycles. The fraction of sp³-hybridized carbons (Fsp3) is 0.467. The number of aliphatic hydroxyl groups is 1. The van der Waals surface area contributed by atoms with Crippen LogP contribution in [0, 0.1) is 5.82 Å². The lowest BCUT2D eigenvalue weighted by Crippen LogP contribution is -2.36. The summed E-state index contributed by atoms with van der Waals surface area (Å²) >= 11 is 0. The molecular weight excluding hydrogens is 245 g/mol. The smallest absolute Gasteiger partial charge is 0.125 e. The molecule has 1 aromatic carbocycles. The fourth-order valence-electron chi connectivity index (χ4n) is 3.13. The summed E-state index contributed by atoms with van der Waals surface area (Å²) < 4.78 is 19.3. The molecule has 1 aromatic heterocycles. The van der Waals surface area contributed by atoms with Crippen molar-refractivity contribution in [2.45, 2.75) is 31.8 Å². The quantitative estimate of drug-likeness (QED) is 0.894. The van der Waals surface area contributed by atoms with Crippen LogP contribution in [-0.4, -0.2) is 23.3 Å². The number of fused-ring (bicyclic) bond motifs is 3. The molecule has 0 radical (unpaired) electrons. The molecule has 2 aromatic rings. The van der Waals surface area contributed by atoms with Crippen LogP contribution in [0.5, 0.6) is 0 Å². The molecule has 1 aliphatic rings. The van der Waals surface area contributed by atoms with Crippen LogP contribution in [0.25, 0.3) is 10.9 Å². The van der Waals surface area contributed by atoms with Crippen LogP contribution in [0.2, 0.25) is 0 Å². The number of H-pyrrole nitrogens is 1. The first-order chi connectivity index (χ1) is 9.20. The van der Waals surface area contributed by atoms with Gasteiger partial charge in [-0.3, -0.25) is 0 Å². The first-order valence-electron chi connectivity index (χ1n) is 6.75. The first kappa shape index (κ1) is 12.6. The molecule has 1 aliphatic heterocycles. The third-order valence-electron chi connectivity index (χ3n) is 4.14. The lowest BCUT2D eigenvalue weighted by molar-refractivity contribution is -0.0795. The number of aromatic amines is 1. The number of ether oxygens (including phenoxy) is 1. The number of benzene rings is 1. The Labute approximate surface area is 111 Å². The van der Waals surface area contributed by atoms with E-state index in [1.165, 1.54) is 17.7 Å². The van der Waals surface area contributed by atoms with Gasteiger partial charge in [-0.25, -0.2) is 4.39 Å². The molecule has 4 heteroatoms. The molecule has 2 N–H and O–H groups in total. The number of hydrogen-bond donors (Lipinski definition) is 2. The van der Waals surface area contributed by atoms with Gasteiger partial charge in [-0.05, 0) is 36.6 Å². The Bertz CT molecular complexity index is 607. The third kappa shape index (κ3) is 1.86. The summed E-state index contributed by atoms with van der Waals surface area (Å²) in [5, 5.41) is 10.4. The van der Waals surface area contributed by atoms with Crippen molar-refractivity contribution >= 4 is 10.9 Å². The average molecular weight is 263 g/mol. The van der Waals surface area contributed by atoms with E-state index in [1.807, 2.05) is 6.07 Å². The maximum absolute atomic E-state index is 13.3. The van der Waals surface area contributed by atoms with Gasteiger partial charge >= 0.3 is 0 Å². The second-order valence-corrected chi connectivity index (χ2v) is 5.09. The molecule has 0 spiro atoms. The van der Waals surface area contributed by atoms with Gasteiger partial charge in [0.05, 0.1) is 12.3 Å². The lowest BCUT2D eigenvalue weighted by Gasteiger charge is -2.36. The second kappa shape index (κ2) is 4.62. The van der Waals surface area contributed by atoms with Crippen LogP contribution in [0.15, 0.2) is 18.2 Å². The molecule has 19 heavy (non-hydrogen) atoms. The van der Waals surface area contributed by atoms with Crippen molar-refractivity contribution in [2.75, 3.05) is 13.2 Å². The highest BCUT2D eigenvalue weighted by Gasteiger charge is 2.38. The van der Waals surface area contributed by atoms with E-state index in [2.05, 4.69) is 11.9 Å². The van der Waals surface area contributed by atoms with Crippen molar-refractivity contribution in [3.63, 3.8) is 0 Å². The molecule has 102 valence electrons. The van der Waals surface area contributed by atoms with Gasteiger partial charge in [0, 0.05) is 23.9 Å². The number of rotatable bonds is 3. The summed E-state index contributed by atoms with van der Waals surface area (Å²) in [5.41, 5.74) is 2.57. The van der Waals surface area contributed by atoms with Crippen molar-refractivity contribution < 1.29 is 14.2 Å². The highest BCUT2D eigenvalue weighted by atomic mass is 19.1. The van der Waals surface area contributed by atoms with Gasteiger partial charge in [0.2, 0.25) is 0 Å². The van der Waals surface area contributed by atoms with E-state index in [1.54, 1.807) is 0 Å². The maximum atomic E-state index is 13.3. The Balaban J connectivity index is 2.21. The molecule has 1 atom stereocenters. The van der Waals surface area contributed by atoms with Gasteiger partial charge in [0.25, 0.3) is 0 Å². The van der Waals surface area contributed by atoms with Gasteiger partial charge < -0.3 is 14.8 Å².